The van der Waals surface area contributed by atoms with Crippen molar-refractivity contribution in [1.82, 2.24) is 4.90 Å². The molecule has 0 atom stereocenters. The van der Waals surface area contributed by atoms with Crippen molar-refractivity contribution < 1.29 is 28.6 Å². The maximum absolute atomic E-state index is 12.9. The first-order chi connectivity index (χ1) is 17.2. The van der Waals surface area contributed by atoms with Gasteiger partial charge in [0, 0.05) is 25.1 Å². The van der Waals surface area contributed by atoms with Crippen molar-refractivity contribution in [2.75, 3.05) is 31.6 Å². The van der Waals surface area contributed by atoms with Crippen molar-refractivity contribution >= 4 is 23.5 Å². The van der Waals surface area contributed by atoms with Crippen LogP contribution in [0.3, 0.4) is 0 Å². The number of rotatable bonds is 11. The number of nitrogens with one attached hydrogen (secondary N) is 1. The second-order valence-corrected chi connectivity index (χ2v) is 9.69. The third kappa shape index (κ3) is 8.00. The highest BCUT2D eigenvalue weighted by molar-refractivity contribution is 6.00. The molecule has 8 nitrogen and oxygen atoms in total. The summed E-state index contributed by atoms with van der Waals surface area (Å²) in [4.78, 5) is 38.8. The van der Waals surface area contributed by atoms with Crippen molar-refractivity contribution in [2.45, 2.75) is 59.0 Å². The molecule has 2 aromatic carbocycles. The highest BCUT2D eigenvalue weighted by Crippen LogP contribution is 2.29. The number of anilines is 1. The van der Waals surface area contributed by atoms with Crippen LogP contribution in [-0.4, -0.2) is 54.6 Å². The minimum absolute atomic E-state index is 0.0212. The van der Waals surface area contributed by atoms with Crippen molar-refractivity contribution in [3.63, 3.8) is 0 Å². The second kappa shape index (κ2) is 12.4. The first-order valence-corrected chi connectivity index (χ1v) is 12.4. The molecule has 1 N–H and O–H groups in total. The molecule has 0 aliphatic carbocycles. The summed E-state index contributed by atoms with van der Waals surface area (Å²) in [5.41, 5.74) is 1.48. The van der Waals surface area contributed by atoms with E-state index in [2.05, 4.69) is 5.32 Å². The molecule has 0 spiro atoms. The van der Waals surface area contributed by atoms with E-state index in [1.54, 1.807) is 23.1 Å². The normalized spacial score (nSPS) is 12.7. The maximum Gasteiger partial charge on any atom is 0.410 e. The van der Waals surface area contributed by atoms with Crippen molar-refractivity contribution in [3.8, 4) is 11.5 Å². The molecular formula is C28H36N2O6. The van der Waals surface area contributed by atoms with E-state index in [4.69, 9.17) is 14.2 Å². The summed E-state index contributed by atoms with van der Waals surface area (Å²) in [7, 11) is 0. The lowest BCUT2D eigenvalue weighted by Crippen LogP contribution is -2.38. The van der Waals surface area contributed by atoms with Crippen LogP contribution in [0.25, 0.3) is 0 Å². The monoisotopic (exact) mass is 496 g/mol. The fourth-order valence-corrected chi connectivity index (χ4v) is 3.87. The smallest absolute Gasteiger partial charge is 0.410 e. The number of benzene rings is 2. The number of hydrogen-bond donors (Lipinski definition) is 1. The van der Waals surface area contributed by atoms with E-state index in [0.717, 1.165) is 11.3 Å². The number of ether oxygens (including phenoxy) is 3. The fourth-order valence-electron chi connectivity index (χ4n) is 3.87. The van der Waals surface area contributed by atoms with E-state index in [1.165, 1.54) is 0 Å². The van der Waals surface area contributed by atoms with Gasteiger partial charge in [0.2, 0.25) is 0 Å². The Balaban J connectivity index is 1.56. The van der Waals surface area contributed by atoms with Crippen LogP contribution in [0.15, 0.2) is 42.5 Å². The number of fused-ring (bicyclic) bond motifs is 1. The molecule has 0 unspecified atom stereocenters. The first-order valence-electron chi connectivity index (χ1n) is 12.4. The first kappa shape index (κ1) is 27.0. The number of amides is 2. The molecule has 0 radical (unpaired) electrons. The Hall–Kier alpha value is -3.55. The van der Waals surface area contributed by atoms with Gasteiger partial charge in [-0.2, -0.15) is 0 Å². The summed E-state index contributed by atoms with van der Waals surface area (Å²) >= 11 is 0. The molecule has 3 rings (SSSR count). The topological polar surface area (TPSA) is 94.2 Å². The van der Waals surface area contributed by atoms with Crippen LogP contribution >= 0.6 is 0 Å². The third-order valence-electron chi connectivity index (χ3n) is 5.59. The van der Waals surface area contributed by atoms with Crippen LogP contribution in [0.5, 0.6) is 11.5 Å². The highest BCUT2D eigenvalue weighted by atomic mass is 16.6. The van der Waals surface area contributed by atoms with Crippen molar-refractivity contribution in [3.05, 3.63) is 53.6 Å². The molecule has 1 aliphatic heterocycles. The molecule has 2 amide bonds. The number of para-hydroxylation sites is 1. The summed E-state index contributed by atoms with van der Waals surface area (Å²) in [6, 6.07) is 12.9. The van der Waals surface area contributed by atoms with E-state index in [-0.39, 0.29) is 24.4 Å². The average Bonchev–Trinajstić information content (AvgIpc) is 2.82. The highest BCUT2D eigenvalue weighted by Gasteiger charge is 2.23. The molecular weight excluding hydrogens is 460 g/mol. The van der Waals surface area contributed by atoms with E-state index < -0.39 is 5.60 Å². The Morgan fingerprint density at radius 1 is 1.08 bits per heavy atom. The number of carbonyl (C=O) groups excluding carboxylic acids is 3. The number of unbranched alkanes of at least 4 members (excludes halogenated alkanes) is 1. The van der Waals surface area contributed by atoms with Gasteiger partial charge in [-0.05, 0) is 76.8 Å². The summed E-state index contributed by atoms with van der Waals surface area (Å²) in [5, 5.41) is 2.72. The van der Waals surface area contributed by atoms with Gasteiger partial charge in [0.25, 0.3) is 5.91 Å². The molecule has 0 saturated heterocycles. The summed E-state index contributed by atoms with van der Waals surface area (Å²) in [5.74, 6) is 1.12. The fraction of sp³-hybridized carbons (Fsp3) is 0.464. The average molecular weight is 497 g/mol. The van der Waals surface area contributed by atoms with Crippen LogP contribution in [0.1, 0.15) is 62.9 Å². The largest absolute Gasteiger partial charge is 0.494 e. The quantitative estimate of drug-likeness (QED) is 0.337. The summed E-state index contributed by atoms with van der Waals surface area (Å²) < 4.78 is 16.7. The van der Waals surface area contributed by atoms with E-state index in [1.807, 2.05) is 52.0 Å². The number of carbonyl (C=O) groups is 3. The van der Waals surface area contributed by atoms with Gasteiger partial charge in [-0.1, -0.05) is 18.2 Å². The molecule has 1 aliphatic rings. The van der Waals surface area contributed by atoms with Crippen molar-refractivity contribution in [2.24, 2.45) is 0 Å². The van der Waals surface area contributed by atoms with Crippen LogP contribution in [0, 0.1) is 0 Å². The predicted molar refractivity (Wildman–Crippen MR) is 138 cm³/mol. The van der Waals surface area contributed by atoms with Gasteiger partial charge in [0.05, 0.1) is 12.3 Å². The third-order valence-corrected chi connectivity index (χ3v) is 5.59. The zero-order chi connectivity index (χ0) is 26.1. The lowest BCUT2D eigenvalue weighted by molar-refractivity contribution is -0.118. The number of hydrogen-bond acceptors (Lipinski definition) is 6. The lowest BCUT2D eigenvalue weighted by atomic mass is 10.0. The number of ketones is 1. The standard InChI is InChI=1S/C28H36N2O6/c1-5-34-24-12-7-6-10-20(24)15-17-30(27(33)36-28(2,3)4)16-9-8-11-23(31)21-13-14-25-22(18-21)29-26(32)19-35-25/h6-7,10,12-14,18H,5,8-9,11,15-17,19H2,1-4H3,(H,29,32). The van der Waals surface area contributed by atoms with Crippen LogP contribution in [-0.2, 0) is 16.0 Å². The molecule has 0 fully saturated rings. The van der Waals surface area contributed by atoms with Gasteiger partial charge in [0.15, 0.2) is 12.4 Å². The second-order valence-electron chi connectivity index (χ2n) is 9.69. The Labute approximate surface area is 212 Å². The van der Waals surface area contributed by atoms with Gasteiger partial charge in [-0.25, -0.2) is 4.79 Å². The summed E-state index contributed by atoms with van der Waals surface area (Å²) in [6.07, 6.45) is 1.88. The maximum atomic E-state index is 12.9. The molecule has 194 valence electrons. The van der Waals surface area contributed by atoms with Gasteiger partial charge >= 0.3 is 6.09 Å². The van der Waals surface area contributed by atoms with Crippen molar-refractivity contribution in [1.29, 1.82) is 0 Å². The predicted octanol–water partition coefficient (Wildman–Crippen LogP) is 5.25. The number of Topliss-reactive ketones (excluding diaryl/α,β-unsaturated/α-hetero) is 1. The lowest BCUT2D eigenvalue weighted by Gasteiger charge is -2.27. The van der Waals surface area contributed by atoms with Gasteiger partial charge < -0.3 is 24.4 Å². The van der Waals surface area contributed by atoms with Crippen LogP contribution in [0.2, 0.25) is 0 Å². The van der Waals surface area contributed by atoms with E-state index in [0.29, 0.717) is 62.4 Å². The SMILES string of the molecule is CCOc1ccccc1CCN(CCCCC(=O)c1ccc2c(c1)NC(=O)CO2)C(=O)OC(C)(C)C. The van der Waals surface area contributed by atoms with Crippen LogP contribution < -0.4 is 14.8 Å². The minimum Gasteiger partial charge on any atom is -0.494 e. The minimum atomic E-state index is -0.597. The van der Waals surface area contributed by atoms with Gasteiger partial charge in [0.1, 0.15) is 17.1 Å². The summed E-state index contributed by atoms with van der Waals surface area (Å²) in [6.45, 7) is 8.99. The molecule has 8 heteroatoms. The van der Waals surface area contributed by atoms with E-state index in [9.17, 15) is 14.4 Å². The zero-order valence-corrected chi connectivity index (χ0v) is 21.6. The Morgan fingerprint density at radius 2 is 1.86 bits per heavy atom. The molecule has 0 saturated carbocycles. The van der Waals surface area contributed by atoms with Crippen LogP contribution in [0.4, 0.5) is 10.5 Å². The molecule has 2 aromatic rings. The molecule has 1 heterocycles. The Kier molecular flexibility index (Phi) is 9.33. The molecule has 0 aromatic heterocycles. The Bertz CT molecular complexity index is 1080. The van der Waals surface area contributed by atoms with Gasteiger partial charge in [-0.15, -0.1) is 0 Å². The van der Waals surface area contributed by atoms with Gasteiger partial charge in [-0.3, -0.25) is 9.59 Å². The van der Waals surface area contributed by atoms with E-state index >= 15 is 0 Å². The Morgan fingerprint density at radius 3 is 2.61 bits per heavy atom. The number of nitrogens with zero attached hydrogens (tertiary/aromatic N) is 1. The molecule has 0 bridgehead atoms. The molecule has 36 heavy (non-hydrogen) atoms. The zero-order valence-electron chi connectivity index (χ0n) is 21.6.